The quantitative estimate of drug-likeness (QED) is 0.170. The molecule has 8 aromatic carbocycles. The Hall–Kier alpha value is -6.90. The van der Waals surface area contributed by atoms with Crippen LogP contribution < -0.4 is 0 Å². The lowest BCUT2D eigenvalue weighted by Gasteiger charge is -2.18. The summed E-state index contributed by atoms with van der Waals surface area (Å²) in [4.78, 5) is 0. The molecule has 10 aromatic rings. The van der Waals surface area contributed by atoms with Crippen molar-refractivity contribution in [3.05, 3.63) is 206 Å². The van der Waals surface area contributed by atoms with E-state index >= 15 is 0 Å². The molecule has 0 radical (unpaired) electrons. The first-order chi connectivity index (χ1) is 26.8. The van der Waals surface area contributed by atoms with E-state index in [2.05, 4.69) is 209 Å². The van der Waals surface area contributed by atoms with Crippen LogP contribution in [0.2, 0.25) is 0 Å². The molecule has 0 saturated heterocycles. The van der Waals surface area contributed by atoms with Crippen molar-refractivity contribution in [3.8, 4) is 27.9 Å². The molecule has 1 unspecified atom stereocenters. The fraction of sp³-hybridized carbons (Fsp3) is 0.0385. The maximum Gasteiger partial charge on any atom is 0.0547 e. The number of benzene rings is 8. The molecule has 0 amide bonds. The first kappa shape index (κ1) is 30.7. The Labute approximate surface area is 314 Å². The minimum Gasteiger partial charge on any atom is -0.310 e. The van der Waals surface area contributed by atoms with Crippen molar-refractivity contribution < 1.29 is 0 Å². The van der Waals surface area contributed by atoms with Crippen LogP contribution >= 0.6 is 0 Å². The largest absolute Gasteiger partial charge is 0.310 e. The lowest BCUT2D eigenvalue weighted by Crippen LogP contribution is -2.02. The third-order valence-corrected chi connectivity index (χ3v) is 11.5. The molecular formula is C52H36N2. The molecule has 2 nitrogen and oxygen atoms in total. The molecule has 0 spiro atoms. The van der Waals surface area contributed by atoms with Crippen LogP contribution in [-0.4, -0.2) is 9.13 Å². The third kappa shape index (κ3) is 4.95. The van der Waals surface area contributed by atoms with E-state index < -0.39 is 0 Å². The number of nitrogens with zero attached hydrogens (tertiary/aromatic N) is 2. The Morgan fingerprint density at radius 1 is 0.389 bits per heavy atom. The molecule has 1 aliphatic rings. The molecule has 1 atom stereocenters. The Balaban J connectivity index is 0.974. The summed E-state index contributed by atoms with van der Waals surface area (Å²) < 4.78 is 4.87. The molecule has 1 aliphatic carbocycles. The Bertz CT molecular complexity index is 3120. The molecule has 0 bridgehead atoms. The van der Waals surface area contributed by atoms with Gasteiger partial charge in [-0.05, 0) is 87.5 Å². The van der Waals surface area contributed by atoms with E-state index in [0.29, 0.717) is 5.92 Å². The summed E-state index contributed by atoms with van der Waals surface area (Å²) in [7, 11) is 0. The van der Waals surface area contributed by atoms with Gasteiger partial charge in [0, 0.05) is 38.8 Å². The van der Waals surface area contributed by atoms with Crippen LogP contribution in [0.4, 0.5) is 0 Å². The number of hydrogen-bond acceptors (Lipinski definition) is 0. The zero-order valence-corrected chi connectivity index (χ0v) is 29.7. The van der Waals surface area contributed by atoms with Gasteiger partial charge in [-0.15, -0.1) is 0 Å². The first-order valence-corrected chi connectivity index (χ1v) is 18.9. The van der Waals surface area contributed by atoms with Crippen molar-refractivity contribution in [1.29, 1.82) is 0 Å². The number of aromatic nitrogens is 2. The van der Waals surface area contributed by atoms with Crippen molar-refractivity contribution >= 4 is 60.1 Å². The minimum absolute atomic E-state index is 0.403. The lowest BCUT2D eigenvalue weighted by molar-refractivity contribution is 0.850. The second kappa shape index (κ2) is 12.4. The topological polar surface area (TPSA) is 9.86 Å². The van der Waals surface area contributed by atoms with Crippen LogP contribution in [0.5, 0.6) is 0 Å². The van der Waals surface area contributed by atoms with Crippen LogP contribution in [0.1, 0.15) is 17.9 Å². The first-order valence-electron chi connectivity index (χ1n) is 18.9. The summed E-state index contributed by atoms with van der Waals surface area (Å²) >= 11 is 0. The number of fused-ring (bicyclic) bond motifs is 7. The highest BCUT2D eigenvalue weighted by Crippen LogP contribution is 2.39. The maximum atomic E-state index is 2.45. The molecule has 0 saturated carbocycles. The fourth-order valence-corrected chi connectivity index (χ4v) is 8.75. The zero-order valence-electron chi connectivity index (χ0n) is 29.7. The predicted octanol–water partition coefficient (Wildman–Crippen LogP) is 14.0. The SMILES string of the molecule is C1=CC(c2ccccc2)CC=C1n1c2ccccc2c2ccc(-c3ccc(-c4ccc5c6ccccc6n(-c6ccc7ccccc7c6)c5c4)cc3)cc21. The monoisotopic (exact) mass is 688 g/mol. The van der Waals surface area contributed by atoms with Gasteiger partial charge in [-0.25, -0.2) is 0 Å². The van der Waals surface area contributed by atoms with Crippen LogP contribution in [0.25, 0.3) is 88.0 Å². The van der Waals surface area contributed by atoms with Crippen molar-refractivity contribution in [2.24, 2.45) is 0 Å². The van der Waals surface area contributed by atoms with Crippen molar-refractivity contribution in [2.75, 3.05) is 0 Å². The molecular weight excluding hydrogens is 653 g/mol. The van der Waals surface area contributed by atoms with Gasteiger partial charge < -0.3 is 9.13 Å². The number of para-hydroxylation sites is 2. The maximum absolute atomic E-state index is 2.45. The van der Waals surface area contributed by atoms with Gasteiger partial charge >= 0.3 is 0 Å². The summed E-state index contributed by atoms with van der Waals surface area (Å²) in [5.74, 6) is 0.403. The van der Waals surface area contributed by atoms with Gasteiger partial charge in [0.1, 0.15) is 0 Å². The second-order valence-corrected chi connectivity index (χ2v) is 14.5. The Morgan fingerprint density at radius 3 is 1.57 bits per heavy atom. The van der Waals surface area contributed by atoms with Gasteiger partial charge in [0.2, 0.25) is 0 Å². The Morgan fingerprint density at radius 2 is 0.926 bits per heavy atom. The van der Waals surface area contributed by atoms with Crippen LogP contribution in [-0.2, 0) is 0 Å². The van der Waals surface area contributed by atoms with Gasteiger partial charge in [0.25, 0.3) is 0 Å². The molecule has 254 valence electrons. The molecule has 2 heteroatoms. The van der Waals surface area contributed by atoms with E-state index in [-0.39, 0.29) is 0 Å². The van der Waals surface area contributed by atoms with Gasteiger partial charge in [-0.1, -0.05) is 158 Å². The number of allylic oxidation sites excluding steroid dienone is 4. The van der Waals surface area contributed by atoms with Crippen molar-refractivity contribution in [2.45, 2.75) is 12.3 Å². The summed E-state index contributed by atoms with van der Waals surface area (Å²) in [6.45, 7) is 0. The predicted molar refractivity (Wildman–Crippen MR) is 229 cm³/mol. The average molecular weight is 689 g/mol. The van der Waals surface area contributed by atoms with E-state index in [9.17, 15) is 0 Å². The van der Waals surface area contributed by atoms with Crippen LogP contribution in [0.15, 0.2) is 200 Å². The number of rotatable bonds is 5. The summed E-state index contributed by atoms with van der Waals surface area (Å²) in [5.41, 5.74) is 13.5. The second-order valence-electron chi connectivity index (χ2n) is 14.5. The van der Waals surface area contributed by atoms with E-state index in [4.69, 9.17) is 0 Å². The molecule has 54 heavy (non-hydrogen) atoms. The van der Waals surface area contributed by atoms with Gasteiger partial charge in [0.15, 0.2) is 0 Å². The molecule has 2 heterocycles. The van der Waals surface area contributed by atoms with Crippen LogP contribution in [0.3, 0.4) is 0 Å². The summed E-state index contributed by atoms with van der Waals surface area (Å²) in [5, 5.41) is 7.59. The zero-order chi connectivity index (χ0) is 35.6. The summed E-state index contributed by atoms with van der Waals surface area (Å²) in [6.07, 6.45) is 8.07. The fourth-order valence-electron chi connectivity index (χ4n) is 8.75. The molecule has 0 aliphatic heterocycles. The molecule has 2 aromatic heterocycles. The average Bonchev–Trinajstić information content (AvgIpc) is 3.76. The number of hydrogen-bond donors (Lipinski definition) is 0. The van der Waals surface area contributed by atoms with Gasteiger partial charge in [0.05, 0.1) is 22.1 Å². The molecule has 0 fully saturated rings. The molecule has 11 rings (SSSR count). The van der Waals surface area contributed by atoms with E-state index in [1.54, 1.807) is 0 Å². The standard InChI is InChI=1S/C52H36N2/c1-2-10-35(11-3-1)37-22-27-43(28-23-37)53-49-16-8-6-14-45(49)47-30-25-41(33-51(47)53)38-18-20-39(21-19-38)42-26-31-48-46-15-7-9-17-50(46)54(52(48)34-42)44-29-24-36-12-4-5-13-40(36)32-44/h1-22,24-34,37H,23H2. The van der Waals surface area contributed by atoms with Crippen molar-refractivity contribution in [3.63, 3.8) is 0 Å². The summed E-state index contributed by atoms with van der Waals surface area (Å²) in [6, 6.07) is 66.7. The smallest absolute Gasteiger partial charge is 0.0547 e. The highest BCUT2D eigenvalue weighted by molar-refractivity contribution is 6.12. The third-order valence-electron chi connectivity index (χ3n) is 11.5. The van der Waals surface area contributed by atoms with E-state index in [0.717, 1.165) is 6.42 Å². The normalized spacial score (nSPS) is 14.4. The highest BCUT2D eigenvalue weighted by atomic mass is 15.0. The van der Waals surface area contributed by atoms with Gasteiger partial charge in [-0.2, -0.15) is 0 Å². The van der Waals surface area contributed by atoms with Crippen molar-refractivity contribution in [1.82, 2.24) is 9.13 Å². The lowest BCUT2D eigenvalue weighted by atomic mass is 9.92. The Kier molecular flexibility index (Phi) is 7.03. The minimum atomic E-state index is 0.403. The van der Waals surface area contributed by atoms with E-state index in [1.165, 1.54) is 93.6 Å². The van der Waals surface area contributed by atoms with Crippen LogP contribution in [0, 0.1) is 0 Å². The van der Waals surface area contributed by atoms with E-state index in [1.807, 2.05) is 0 Å². The van der Waals surface area contributed by atoms with Gasteiger partial charge in [-0.3, -0.25) is 0 Å². The molecule has 0 N–H and O–H groups in total. The highest BCUT2D eigenvalue weighted by Gasteiger charge is 2.18.